The molecule has 2 aromatic rings. The predicted molar refractivity (Wildman–Crippen MR) is 97.6 cm³/mol. The van der Waals surface area contributed by atoms with Crippen LogP contribution in [0, 0.1) is 12.8 Å². The Labute approximate surface area is 143 Å². The number of nitrogens with two attached hydrogens (primary N) is 1. The van der Waals surface area contributed by atoms with Gasteiger partial charge in [-0.15, -0.1) is 0 Å². The van der Waals surface area contributed by atoms with E-state index < -0.39 is 0 Å². The number of hydrogen-bond donors (Lipinski definition) is 1. The molecule has 3 rings (SSSR count). The van der Waals surface area contributed by atoms with Gasteiger partial charge < -0.3 is 10.6 Å². The first-order valence-electron chi connectivity index (χ1n) is 8.28. The van der Waals surface area contributed by atoms with Gasteiger partial charge in [-0.1, -0.05) is 38.1 Å². The summed E-state index contributed by atoms with van der Waals surface area (Å²) in [5.74, 6) is 0.989. The summed E-state index contributed by atoms with van der Waals surface area (Å²) in [4.78, 5) is 19.0. The van der Waals surface area contributed by atoms with Crippen LogP contribution >= 0.6 is 0 Å². The Hall–Kier alpha value is -2.62. The van der Waals surface area contributed by atoms with Crippen molar-refractivity contribution in [1.29, 1.82) is 0 Å². The van der Waals surface area contributed by atoms with Crippen molar-refractivity contribution in [2.75, 3.05) is 12.3 Å². The number of nitrogens with zero attached hydrogens (tertiary/aromatic N) is 2. The zero-order chi connectivity index (χ0) is 17.3. The Morgan fingerprint density at radius 1 is 1.21 bits per heavy atom. The van der Waals surface area contributed by atoms with E-state index in [9.17, 15) is 4.79 Å². The smallest absolute Gasteiger partial charge is 0.254 e. The standard InChI is InChI=1S/C20H23N3O/c1-13(2)18-5-4-12-23(18)20(24)16-9-7-15(8-10-16)17-11-6-14(3)22-19(17)21/h4-11,13,18H,12H2,1-3H3,(H2,21,22)/t18-/m0/s1. The maximum atomic E-state index is 12.8. The van der Waals surface area contributed by atoms with Gasteiger partial charge in [-0.25, -0.2) is 4.98 Å². The van der Waals surface area contributed by atoms with Crippen LogP contribution < -0.4 is 5.73 Å². The van der Waals surface area contributed by atoms with Gasteiger partial charge in [-0.3, -0.25) is 4.79 Å². The maximum absolute atomic E-state index is 12.8. The molecule has 0 bridgehead atoms. The van der Waals surface area contributed by atoms with E-state index in [1.807, 2.05) is 48.2 Å². The van der Waals surface area contributed by atoms with Gasteiger partial charge in [0.15, 0.2) is 0 Å². The second-order valence-electron chi connectivity index (χ2n) is 6.58. The van der Waals surface area contributed by atoms with Gasteiger partial charge in [0.05, 0.1) is 6.04 Å². The van der Waals surface area contributed by atoms with Crippen molar-refractivity contribution in [2.45, 2.75) is 26.8 Å². The summed E-state index contributed by atoms with van der Waals surface area (Å²) in [6.07, 6.45) is 4.19. The normalized spacial score (nSPS) is 16.8. The third kappa shape index (κ3) is 3.04. The lowest BCUT2D eigenvalue weighted by molar-refractivity contribution is 0.0720. The molecule has 2 N–H and O–H groups in total. The maximum Gasteiger partial charge on any atom is 0.254 e. The summed E-state index contributed by atoms with van der Waals surface area (Å²) in [6, 6.07) is 11.7. The SMILES string of the molecule is Cc1ccc(-c2ccc(C(=O)N3CC=C[C@H]3C(C)C)cc2)c(N)n1. The molecule has 0 radical (unpaired) electrons. The molecule has 2 heterocycles. The molecule has 0 aliphatic carbocycles. The third-order valence-corrected chi connectivity index (χ3v) is 4.45. The molecular formula is C20H23N3O. The van der Waals surface area contributed by atoms with Crippen LogP contribution in [0.15, 0.2) is 48.6 Å². The van der Waals surface area contributed by atoms with Crippen molar-refractivity contribution in [2.24, 2.45) is 5.92 Å². The van der Waals surface area contributed by atoms with E-state index in [1.54, 1.807) is 0 Å². The van der Waals surface area contributed by atoms with E-state index in [1.165, 1.54) is 0 Å². The first-order valence-corrected chi connectivity index (χ1v) is 8.28. The Kier molecular flexibility index (Phi) is 4.38. The highest BCUT2D eigenvalue weighted by Crippen LogP contribution is 2.26. The summed E-state index contributed by atoms with van der Waals surface area (Å²) in [7, 11) is 0. The number of aryl methyl sites for hydroxylation is 1. The molecule has 24 heavy (non-hydrogen) atoms. The number of anilines is 1. The lowest BCUT2D eigenvalue weighted by Gasteiger charge is -2.27. The first-order chi connectivity index (χ1) is 11.5. The molecule has 0 fully saturated rings. The summed E-state index contributed by atoms with van der Waals surface area (Å²) >= 11 is 0. The number of aromatic nitrogens is 1. The fourth-order valence-electron chi connectivity index (χ4n) is 3.12. The quantitative estimate of drug-likeness (QED) is 0.877. The molecule has 4 nitrogen and oxygen atoms in total. The van der Waals surface area contributed by atoms with Gasteiger partial charge in [-0.05, 0) is 42.7 Å². The number of carbonyl (C=O) groups is 1. The van der Waals surface area contributed by atoms with Crippen LogP contribution in [0.25, 0.3) is 11.1 Å². The van der Waals surface area contributed by atoms with Crippen molar-refractivity contribution in [3.8, 4) is 11.1 Å². The van der Waals surface area contributed by atoms with Crippen LogP contribution in [-0.4, -0.2) is 28.4 Å². The lowest BCUT2D eigenvalue weighted by atomic mass is 10.0. The predicted octanol–water partition coefficient (Wildman–Crippen LogP) is 3.68. The molecule has 124 valence electrons. The Balaban J connectivity index is 1.83. The van der Waals surface area contributed by atoms with E-state index in [4.69, 9.17) is 5.73 Å². The average molecular weight is 321 g/mol. The fourth-order valence-corrected chi connectivity index (χ4v) is 3.12. The molecule has 1 aromatic heterocycles. The minimum atomic E-state index is 0.0697. The summed E-state index contributed by atoms with van der Waals surface area (Å²) < 4.78 is 0. The van der Waals surface area contributed by atoms with E-state index in [0.29, 0.717) is 23.8 Å². The molecule has 1 amide bonds. The highest BCUT2D eigenvalue weighted by Gasteiger charge is 2.27. The molecule has 1 aromatic carbocycles. The van der Waals surface area contributed by atoms with E-state index in [0.717, 1.165) is 16.8 Å². The van der Waals surface area contributed by atoms with Crippen LogP contribution in [0.2, 0.25) is 0 Å². The van der Waals surface area contributed by atoms with Crippen LogP contribution in [-0.2, 0) is 0 Å². The van der Waals surface area contributed by atoms with E-state index >= 15 is 0 Å². The molecule has 1 aliphatic heterocycles. The monoisotopic (exact) mass is 321 g/mol. The van der Waals surface area contributed by atoms with Crippen molar-refractivity contribution in [3.05, 3.63) is 59.8 Å². The van der Waals surface area contributed by atoms with E-state index in [2.05, 4.69) is 31.0 Å². The first kappa shape index (κ1) is 16.2. The largest absolute Gasteiger partial charge is 0.383 e. The minimum Gasteiger partial charge on any atom is -0.383 e. The second-order valence-corrected chi connectivity index (χ2v) is 6.58. The topological polar surface area (TPSA) is 59.2 Å². The highest BCUT2D eigenvalue weighted by molar-refractivity contribution is 5.95. The number of nitrogen functional groups attached to an aromatic ring is 1. The van der Waals surface area contributed by atoms with Crippen molar-refractivity contribution in [1.82, 2.24) is 9.88 Å². The second kappa shape index (κ2) is 6.48. The average Bonchev–Trinajstić information content (AvgIpc) is 3.04. The number of amides is 1. The third-order valence-electron chi connectivity index (χ3n) is 4.45. The highest BCUT2D eigenvalue weighted by atomic mass is 16.2. The minimum absolute atomic E-state index is 0.0697. The Morgan fingerprint density at radius 3 is 2.54 bits per heavy atom. The Bertz CT molecular complexity index is 778. The van der Waals surface area contributed by atoms with Crippen molar-refractivity contribution >= 4 is 11.7 Å². The summed E-state index contributed by atoms with van der Waals surface area (Å²) in [5, 5.41) is 0. The van der Waals surface area contributed by atoms with Crippen LogP contribution in [0.1, 0.15) is 29.9 Å². The number of rotatable bonds is 3. The van der Waals surface area contributed by atoms with E-state index in [-0.39, 0.29) is 11.9 Å². The van der Waals surface area contributed by atoms with Crippen molar-refractivity contribution < 1.29 is 4.79 Å². The number of hydrogen-bond acceptors (Lipinski definition) is 3. The van der Waals surface area contributed by atoms with Crippen LogP contribution in [0.3, 0.4) is 0 Å². The zero-order valence-corrected chi connectivity index (χ0v) is 14.4. The van der Waals surface area contributed by atoms with Crippen LogP contribution in [0.4, 0.5) is 5.82 Å². The molecule has 4 heteroatoms. The van der Waals surface area contributed by atoms with Gasteiger partial charge in [0.1, 0.15) is 5.82 Å². The molecule has 1 aliphatic rings. The molecule has 0 unspecified atom stereocenters. The van der Waals surface area contributed by atoms with Gasteiger partial charge >= 0.3 is 0 Å². The number of pyridine rings is 1. The number of benzene rings is 1. The summed E-state index contributed by atoms with van der Waals surface area (Å²) in [6.45, 7) is 6.86. The Morgan fingerprint density at radius 2 is 1.92 bits per heavy atom. The van der Waals surface area contributed by atoms with Gasteiger partial charge in [0.2, 0.25) is 0 Å². The lowest BCUT2D eigenvalue weighted by Crippen LogP contribution is -2.38. The molecular weight excluding hydrogens is 298 g/mol. The van der Waals surface area contributed by atoms with Gasteiger partial charge in [-0.2, -0.15) is 0 Å². The number of carbonyl (C=O) groups excluding carboxylic acids is 1. The molecule has 0 spiro atoms. The summed E-state index contributed by atoms with van der Waals surface area (Å²) in [5.41, 5.74) is 9.46. The van der Waals surface area contributed by atoms with Gasteiger partial charge in [0, 0.05) is 23.4 Å². The molecule has 0 saturated heterocycles. The molecule has 0 saturated carbocycles. The zero-order valence-electron chi connectivity index (χ0n) is 14.4. The molecule has 1 atom stereocenters. The fraction of sp³-hybridized carbons (Fsp3) is 0.300. The van der Waals surface area contributed by atoms with Crippen molar-refractivity contribution in [3.63, 3.8) is 0 Å². The van der Waals surface area contributed by atoms with Crippen LogP contribution in [0.5, 0.6) is 0 Å². The van der Waals surface area contributed by atoms with Gasteiger partial charge in [0.25, 0.3) is 5.91 Å².